The van der Waals surface area contributed by atoms with E-state index < -0.39 is 45.7 Å². The number of rotatable bonds is 6. The van der Waals surface area contributed by atoms with E-state index in [1.54, 1.807) is 18.2 Å². The molecule has 150 valence electrons. The lowest BCUT2D eigenvalue weighted by molar-refractivity contribution is -0.159. The number of alkyl halides is 2. The molecule has 0 heterocycles. The predicted molar refractivity (Wildman–Crippen MR) is 98.8 cm³/mol. The lowest BCUT2D eigenvalue weighted by atomic mass is 9.78. The third kappa shape index (κ3) is 5.82. The number of benzene rings is 1. The zero-order valence-corrected chi connectivity index (χ0v) is 17.0. The Morgan fingerprint density at radius 3 is 2.48 bits per heavy atom. The topological polar surface area (TPSA) is 113 Å². The number of hydrogen-bond donors (Lipinski definition) is 1. The first kappa shape index (κ1) is 22.0. The van der Waals surface area contributed by atoms with Crippen LogP contribution in [0.1, 0.15) is 25.7 Å². The summed E-state index contributed by atoms with van der Waals surface area (Å²) in [7, 11) is -5.94. The summed E-state index contributed by atoms with van der Waals surface area (Å²) < 4.78 is 63.1. The van der Waals surface area contributed by atoms with Crippen molar-refractivity contribution in [1.29, 1.82) is 0 Å². The average Bonchev–Trinajstić information content (AvgIpc) is 2.58. The molecule has 0 aliphatic heterocycles. The molecule has 1 amide bonds. The van der Waals surface area contributed by atoms with Gasteiger partial charge in [0, 0.05) is 9.26 Å². The van der Waals surface area contributed by atoms with E-state index in [1.807, 2.05) is 6.07 Å². The summed E-state index contributed by atoms with van der Waals surface area (Å²) in [6.07, 6.45) is 1.90. The van der Waals surface area contributed by atoms with E-state index in [1.165, 1.54) is 0 Å². The van der Waals surface area contributed by atoms with Gasteiger partial charge in [-0.1, -0.05) is 18.9 Å². The Balaban J connectivity index is 2.05. The molecule has 1 aromatic rings. The highest BCUT2D eigenvalue weighted by atomic mass is 127. The van der Waals surface area contributed by atoms with Crippen LogP contribution in [0, 0.1) is 15.4 Å². The standard InChI is InChI=1S/C16H18F2INO6S/c17-16(18,27(23,24)25)9-26-15(22)13-7-2-1-6-12(13)14(21)20-11-5-3-4-10(19)8-11/h3-5,8,12-13H,1-2,6-7,9H2,(H,20,21)(H,23,24,25)/p-1. The van der Waals surface area contributed by atoms with Crippen LogP contribution in [0.2, 0.25) is 0 Å². The van der Waals surface area contributed by atoms with Crippen LogP contribution in [0.5, 0.6) is 0 Å². The molecule has 1 saturated carbocycles. The van der Waals surface area contributed by atoms with Gasteiger partial charge in [0.15, 0.2) is 16.7 Å². The second kappa shape index (κ2) is 8.78. The molecule has 1 aromatic carbocycles. The molecule has 2 atom stereocenters. The first-order valence-electron chi connectivity index (χ1n) is 8.07. The first-order valence-corrected chi connectivity index (χ1v) is 10.6. The number of nitrogens with one attached hydrogen (secondary N) is 1. The molecule has 27 heavy (non-hydrogen) atoms. The molecule has 1 fully saturated rings. The molecule has 11 heteroatoms. The van der Waals surface area contributed by atoms with Gasteiger partial charge in [-0.3, -0.25) is 9.59 Å². The third-order valence-corrected chi connectivity index (χ3v) is 5.77. The minimum atomic E-state index is -5.94. The minimum absolute atomic E-state index is 0.249. The zero-order chi connectivity index (χ0) is 20.2. The van der Waals surface area contributed by atoms with Gasteiger partial charge < -0.3 is 14.6 Å². The summed E-state index contributed by atoms with van der Waals surface area (Å²) in [4.78, 5) is 24.7. The number of ether oxygens (including phenoxy) is 1. The van der Waals surface area contributed by atoms with Crippen molar-refractivity contribution in [3.8, 4) is 0 Å². The molecule has 0 aromatic heterocycles. The summed E-state index contributed by atoms with van der Waals surface area (Å²) in [6, 6.07) is 6.99. The fourth-order valence-electron chi connectivity index (χ4n) is 2.86. The van der Waals surface area contributed by atoms with Gasteiger partial charge in [0.1, 0.15) is 0 Å². The molecule has 0 radical (unpaired) electrons. The van der Waals surface area contributed by atoms with Crippen molar-refractivity contribution in [2.24, 2.45) is 11.8 Å². The smallest absolute Gasteiger partial charge is 0.367 e. The maximum Gasteiger partial charge on any atom is 0.367 e. The van der Waals surface area contributed by atoms with Crippen molar-refractivity contribution >= 4 is 50.3 Å². The van der Waals surface area contributed by atoms with Crippen LogP contribution < -0.4 is 5.32 Å². The summed E-state index contributed by atoms with van der Waals surface area (Å²) in [5.74, 6) is -3.32. The Morgan fingerprint density at radius 2 is 1.89 bits per heavy atom. The van der Waals surface area contributed by atoms with Crippen molar-refractivity contribution in [2.45, 2.75) is 30.9 Å². The van der Waals surface area contributed by atoms with Crippen LogP contribution in [-0.4, -0.2) is 36.7 Å². The monoisotopic (exact) mass is 516 g/mol. The van der Waals surface area contributed by atoms with Gasteiger partial charge in [0.25, 0.3) is 0 Å². The largest absolute Gasteiger partial charge is 0.743 e. The van der Waals surface area contributed by atoms with Crippen molar-refractivity contribution < 1.29 is 36.1 Å². The third-order valence-electron chi connectivity index (χ3n) is 4.25. The Kier molecular flexibility index (Phi) is 7.14. The van der Waals surface area contributed by atoms with Crippen molar-refractivity contribution in [1.82, 2.24) is 0 Å². The fourth-order valence-corrected chi connectivity index (χ4v) is 3.61. The first-order chi connectivity index (χ1) is 12.5. The number of hydrogen-bond acceptors (Lipinski definition) is 6. The predicted octanol–water partition coefficient (Wildman–Crippen LogP) is 2.72. The Labute approximate surface area is 168 Å². The van der Waals surface area contributed by atoms with Gasteiger partial charge in [-0.05, 0) is 53.6 Å². The maximum atomic E-state index is 13.2. The molecule has 2 rings (SSSR count). The number of halogens is 3. The van der Waals surface area contributed by atoms with Crippen molar-refractivity contribution in [2.75, 3.05) is 11.9 Å². The average molecular weight is 516 g/mol. The molecule has 1 aliphatic rings. The number of anilines is 1. The summed E-state index contributed by atoms with van der Waals surface area (Å²) in [5.41, 5.74) is 0.536. The lowest BCUT2D eigenvalue weighted by Crippen LogP contribution is -2.40. The van der Waals surface area contributed by atoms with E-state index in [4.69, 9.17) is 0 Å². The van der Waals surface area contributed by atoms with E-state index in [-0.39, 0.29) is 6.42 Å². The van der Waals surface area contributed by atoms with Gasteiger partial charge >= 0.3 is 11.2 Å². The van der Waals surface area contributed by atoms with E-state index in [0.29, 0.717) is 24.9 Å². The molecule has 2 unspecified atom stereocenters. The Bertz CT molecular complexity index is 817. The Hall–Kier alpha value is -1.34. The molecule has 0 saturated heterocycles. The highest BCUT2D eigenvalue weighted by Gasteiger charge is 2.42. The maximum absolute atomic E-state index is 13.2. The highest BCUT2D eigenvalue weighted by Crippen LogP contribution is 2.33. The summed E-state index contributed by atoms with van der Waals surface area (Å²) in [5, 5.41) is -2.02. The van der Waals surface area contributed by atoms with Gasteiger partial charge in [-0.2, -0.15) is 8.78 Å². The minimum Gasteiger partial charge on any atom is -0.743 e. The second-order valence-corrected chi connectivity index (χ2v) is 8.95. The number of carbonyl (C=O) groups excluding carboxylic acids is 2. The van der Waals surface area contributed by atoms with Crippen LogP contribution in [0.3, 0.4) is 0 Å². The fraction of sp³-hybridized carbons (Fsp3) is 0.500. The highest BCUT2D eigenvalue weighted by molar-refractivity contribution is 14.1. The second-order valence-electron chi connectivity index (χ2n) is 6.20. The number of carbonyl (C=O) groups is 2. The van der Waals surface area contributed by atoms with Gasteiger partial charge in [0.2, 0.25) is 5.91 Å². The molecule has 1 aliphatic carbocycles. The molecular formula is C16H17F2INO6S-. The van der Waals surface area contributed by atoms with E-state index in [2.05, 4.69) is 32.6 Å². The van der Waals surface area contributed by atoms with Crippen molar-refractivity contribution in [3.05, 3.63) is 27.8 Å². The van der Waals surface area contributed by atoms with Crippen LogP contribution in [0.15, 0.2) is 24.3 Å². The van der Waals surface area contributed by atoms with E-state index in [9.17, 15) is 31.3 Å². The molecule has 7 nitrogen and oxygen atoms in total. The molecule has 0 bridgehead atoms. The lowest BCUT2D eigenvalue weighted by Gasteiger charge is -2.29. The summed E-state index contributed by atoms with van der Waals surface area (Å²) in [6.45, 7) is -1.86. The van der Waals surface area contributed by atoms with Gasteiger partial charge in [0.05, 0.1) is 11.8 Å². The zero-order valence-electron chi connectivity index (χ0n) is 14.0. The Morgan fingerprint density at radius 1 is 1.26 bits per heavy atom. The molecule has 0 spiro atoms. The van der Waals surface area contributed by atoms with Crippen LogP contribution in [0.4, 0.5) is 14.5 Å². The van der Waals surface area contributed by atoms with E-state index >= 15 is 0 Å². The number of esters is 1. The molecular weight excluding hydrogens is 499 g/mol. The van der Waals surface area contributed by atoms with Crippen molar-refractivity contribution in [3.63, 3.8) is 0 Å². The van der Waals surface area contributed by atoms with Gasteiger partial charge in [-0.25, -0.2) is 8.42 Å². The van der Waals surface area contributed by atoms with Crippen LogP contribution in [-0.2, 0) is 24.4 Å². The SMILES string of the molecule is O=C(Nc1cccc(I)c1)C1CCCCC1C(=O)OCC(F)(F)S(=O)(=O)[O-]. The van der Waals surface area contributed by atoms with Crippen LogP contribution >= 0.6 is 22.6 Å². The van der Waals surface area contributed by atoms with Gasteiger partial charge in [-0.15, -0.1) is 0 Å². The quantitative estimate of drug-likeness (QED) is 0.354. The summed E-state index contributed by atoms with van der Waals surface area (Å²) >= 11 is 2.07. The normalized spacial score (nSPS) is 20.7. The number of amides is 1. The molecule has 1 N–H and O–H groups in total. The van der Waals surface area contributed by atoms with Crippen LogP contribution in [0.25, 0.3) is 0 Å². The van der Waals surface area contributed by atoms with E-state index in [0.717, 1.165) is 3.57 Å².